The van der Waals surface area contributed by atoms with Gasteiger partial charge in [0, 0.05) is 126 Å². The predicted octanol–water partition coefficient (Wildman–Crippen LogP) is 14.3. The third kappa shape index (κ3) is 36.1. The average molecular weight is 1930 g/mol. The number of carbonyl (C=O) groups excluding carboxylic acids is 5. The highest BCUT2D eigenvalue weighted by Crippen LogP contribution is 2.40. The van der Waals surface area contributed by atoms with Gasteiger partial charge in [0.2, 0.25) is 16.5 Å². The minimum absolute atomic E-state index is 0.101. The summed E-state index contributed by atoms with van der Waals surface area (Å²) in [7, 11) is 3.42. The SMILES string of the molecule is C=CC(=O)Nc1cc(N)c(OC)cc1N(C)CCN(C)C.CC(C)(C)OC(=O)N1CCC(O)CC1.CC(C)(C)OC(=O)N1CCC(OS(C)(=O)=O)CC1.CC(C)(C)OC(=O)N1CCC(n2cc(-c3nc(Cl)ncc3Cl)cn2)CC1.CC(C)(C)OC(=O)N1CCC(n2cc(B3OC(C)(C)C(C)(C)O3)cn2)CC1.CC1(C)OB(c2cn[nH]c2)OC1(C)C.Clc1ncc(Cl)c(Cl)n1. The molecule has 0 saturated carbocycles. The molecule has 5 amide bonds. The molecule has 129 heavy (non-hydrogen) atoms. The Labute approximate surface area is 785 Å². The topological polar surface area (TPSA) is 405 Å². The van der Waals surface area contributed by atoms with E-state index in [1.165, 1.54) is 18.5 Å². The number of anilines is 3. The van der Waals surface area contributed by atoms with Gasteiger partial charge in [-0.15, -0.1) is 0 Å². The molecule has 6 saturated heterocycles. The number of benzene rings is 1. The molecule has 6 aliphatic heterocycles. The zero-order valence-corrected chi connectivity index (χ0v) is 83.8. The molecule has 6 fully saturated rings. The van der Waals surface area contributed by atoms with Gasteiger partial charge in [-0.3, -0.25) is 23.4 Å². The summed E-state index contributed by atoms with van der Waals surface area (Å²) in [5.41, 5.74) is 7.89. The Bertz CT molecular complexity index is 4710. The highest BCUT2D eigenvalue weighted by molar-refractivity contribution is 7.86. The maximum absolute atomic E-state index is 12.2. The number of amides is 5. The number of nitrogens with one attached hydrogen (secondary N) is 2. The van der Waals surface area contributed by atoms with Crippen molar-refractivity contribution in [2.45, 2.75) is 259 Å². The second-order valence-electron chi connectivity index (χ2n) is 37.9. The molecule has 1 aromatic carbocycles. The third-order valence-electron chi connectivity index (χ3n) is 21.0. The first-order chi connectivity index (χ1) is 59.6. The molecule has 0 unspecified atom stereocenters. The fourth-order valence-electron chi connectivity index (χ4n) is 12.8. The van der Waals surface area contributed by atoms with E-state index in [0.29, 0.717) is 111 Å². The lowest BCUT2D eigenvalue weighted by molar-refractivity contribution is -0.111. The summed E-state index contributed by atoms with van der Waals surface area (Å²) < 4.78 is 81.2. The van der Waals surface area contributed by atoms with Gasteiger partial charge in [0.1, 0.15) is 28.2 Å². The Morgan fingerprint density at radius 2 is 0.992 bits per heavy atom. The quantitative estimate of drug-likeness (QED) is 0.0150. The van der Waals surface area contributed by atoms with Gasteiger partial charge in [-0.25, -0.2) is 39.1 Å². The lowest BCUT2D eigenvalue weighted by atomic mass is 9.82. The number of nitrogens with zero attached hydrogens (tertiary/aromatic N) is 15. The highest BCUT2D eigenvalue weighted by Gasteiger charge is 2.53. The van der Waals surface area contributed by atoms with Crippen LogP contribution in [0.25, 0.3) is 11.3 Å². The van der Waals surface area contributed by atoms with Gasteiger partial charge < -0.3 is 87.9 Å². The van der Waals surface area contributed by atoms with Crippen LogP contribution in [0.1, 0.15) is 202 Å². The lowest BCUT2D eigenvalue weighted by Gasteiger charge is -2.33. The van der Waals surface area contributed by atoms with Crippen molar-refractivity contribution in [3.05, 3.63) is 100 Å². The molecule has 0 radical (unpaired) electrons. The number of carbonyl (C=O) groups is 5. The second-order valence-corrected chi connectivity index (χ2v) is 41.3. The number of H-pyrrole nitrogens is 1. The second kappa shape index (κ2) is 47.0. The van der Waals surface area contributed by atoms with Gasteiger partial charge in [-0.1, -0.05) is 41.4 Å². The number of piperidine rings is 4. The molecule has 36 nitrogen and oxygen atoms in total. The zero-order valence-electron chi connectivity index (χ0n) is 79.2. The van der Waals surface area contributed by atoms with E-state index in [1.54, 1.807) is 51.4 Å². The van der Waals surface area contributed by atoms with Crippen LogP contribution in [0.15, 0.2) is 74.4 Å². The Balaban J connectivity index is 0.000000237. The number of rotatable bonds is 14. The monoisotopic (exact) mass is 1920 g/mol. The minimum atomic E-state index is -3.42. The number of nitrogen functional groups attached to an aromatic ring is 1. The van der Waals surface area contributed by atoms with Crippen molar-refractivity contribution in [1.29, 1.82) is 0 Å². The number of aliphatic hydroxyl groups is 1. The number of nitrogens with two attached hydrogens (primary N) is 1. The summed E-state index contributed by atoms with van der Waals surface area (Å²) in [6, 6.07) is 3.99. The number of aromatic amines is 1. The predicted molar refractivity (Wildman–Crippen MR) is 503 cm³/mol. The Hall–Kier alpha value is -8.05. The van der Waals surface area contributed by atoms with E-state index in [2.05, 4.69) is 57.1 Å². The number of methoxy groups -OCH3 is 1. The van der Waals surface area contributed by atoms with Crippen molar-refractivity contribution >= 4 is 141 Å². The standard InChI is InChI=1S/C19H32BN3O4.C17H21Cl2N5O2.C15H24N4O2.C11H21NO5S.C10H19NO3.C9H15BN2O2.C4HCl3N2/c1-17(2,3)25-16(24)22-10-8-15(9-11-22)23-13-14(12-21-23)20-26-18(4,5)19(6,7)27-20;1-17(2,3)26-16(25)23-6-4-12(5-7-23)24-10-11(8-21-24)14-13(18)9-20-15(19)22-14;1-6-15(20)17-12-9-11(16)14(21-5)10-13(12)19(4)8-7-18(2)3;1-11(2,3)16-10(13)12-7-5-9(6-8-12)17-18(4,14)15;1-10(2,3)14-9(13)11-6-4-8(12)5-7-11;1-8(2)9(3,4)14-10(13-8)7-5-11-12-6-7;5-2-1-8-4(7)9-3(2)6/h12-13,15H,8-11H2,1-7H3;8-10,12H,4-7H2,1-3H3;6,9-10H,1,7-8,16H2,2-5H3,(H,17,20);9H,5-8H2,1-4H3;8,12H,4-7H2,1-3H3;5-6H,1-4H3,(H,11,12);1H. The Morgan fingerprint density at radius 1 is 0.589 bits per heavy atom. The molecule has 12 rings (SSSR count). The van der Waals surface area contributed by atoms with Crippen LogP contribution >= 0.6 is 58.0 Å². The van der Waals surface area contributed by atoms with Crippen LogP contribution in [0.5, 0.6) is 5.75 Å². The summed E-state index contributed by atoms with van der Waals surface area (Å²) in [4.78, 5) is 85.3. The van der Waals surface area contributed by atoms with E-state index in [0.717, 1.165) is 67.2 Å². The van der Waals surface area contributed by atoms with Crippen molar-refractivity contribution in [3.63, 3.8) is 0 Å². The minimum Gasteiger partial charge on any atom is -0.495 e. The van der Waals surface area contributed by atoms with Crippen LogP contribution < -0.4 is 31.6 Å². The normalized spacial score (nSPS) is 17.7. The maximum Gasteiger partial charge on any atom is 0.498 e. The Morgan fingerprint density at radius 3 is 1.38 bits per heavy atom. The van der Waals surface area contributed by atoms with Crippen molar-refractivity contribution in [2.75, 3.05) is 116 Å². The number of likely N-dealkylation sites (tertiary alicyclic amines) is 4. The number of halogens is 5. The number of hydrogen-bond acceptors (Lipinski definition) is 28. The van der Waals surface area contributed by atoms with E-state index in [4.69, 9.17) is 110 Å². The van der Waals surface area contributed by atoms with Crippen LogP contribution in [0.2, 0.25) is 25.8 Å². The molecule has 0 aliphatic carbocycles. The average Bonchev–Trinajstić information content (AvgIpc) is 1.62. The van der Waals surface area contributed by atoms with Crippen LogP contribution in [0.3, 0.4) is 0 Å². The molecular weight excluding hydrogens is 1790 g/mol. The van der Waals surface area contributed by atoms with Crippen molar-refractivity contribution in [2.24, 2.45) is 0 Å². The molecule has 0 atom stereocenters. The van der Waals surface area contributed by atoms with Gasteiger partial charge in [0.25, 0.3) is 10.1 Å². The number of hydrogen-bond donors (Lipinski definition) is 4. The van der Waals surface area contributed by atoms with Crippen molar-refractivity contribution in [1.82, 2.24) is 74.2 Å². The smallest absolute Gasteiger partial charge is 0.495 e. The summed E-state index contributed by atoms with van der Waals surface area (Å²) in [6.45, 7) is 48.4. The molecule has 6 aromatic rings. The molecular formula is C85H133B2Cl5N18O18S. The fourth-order valence-corrected chi connectivity index (χ4v) is 14.2. The van der Waals surface area contributed by atoms with Gasteiger partial charge in [-0.05, 0) is 239 Å². The number of ether oxygens (including phenoxy) is 5. The summed E-state index contributed by atoms with van der Waals surface area (Å²) in [5.74, 6) is 0.306. The first kappa shape index (κ1) is 110. The van der Waals surface area contributed by atoms with Gasteiger partial charge in [0.05, 0.1) is 111 Å². The number of likely N-dealkylation sites (N-methyl/N-ethyl adjacent to an activating group) is 2. The fraction of sp³-hybridized carbons (Fsp3) is 0.647. The molecule has 5 aromatic heterocycles. The van der Waals surface area contributed by atoms with Crippen molar-refractivity contribution < 1.29 is 84.0 Å². The molecule has 0 spiro atoms. The van der Waals surface area contributed by atoms with E-state index in [9.17, 15) is 37.5 Å². The molecule has 718 valence electrons. The maximum atomic E-state index is 12.2. The van der Waals surface area contributed by atoms with Crippen LogP contribution in [0, 0.1) is 0 Å². The largest absolute Gasteiger partial charge is 0.498 e. The third-order valence-corrected chi connectivity index (χ3v) is 23.0. The van der Waals surface area contributed by atoms with Crippen LogP contribution in [-0.2, 0) is 56.7 Å². The van der Waals surface area contributed by atoms with E-state index >= 15 is 0 Å². The lowest BCUT2D eigenvalue weighted by Crippen LogP contribution is -2.43. The molecule has 5 N–H and O–H groups in total. The van der Waals surface area contributed by atoms with Crippen molar-refractivity contribution in [3.8, 4) is 17.0 Å². The molecule has 11 heterocycles. The van der Waals surface area contributed by atoms with E-state index < -0.39 is 39.6 Å². The highest BCUT2D eigenvalue weighted by atomic mass is 35.5. The molecule has 0 bridgehead atoms. The number of aromatic nitrogens is 10. The van der Waals surface area contributed by atoms with Gasteiger partial charge in [-0.2, -0.15) is 23.7 Å². The van der Waals surface area contributed by atoms with Gasteiger partial charge in [0.15, 0.2) is 5.15 Å². The summed E-state index contributed by atoms with van der Waals surface area (Å²) in [6.07, 6.45) is 19.9. The van der Waals surface area contributed by atoms with E-state index in [-0.39, 0.29) is 99.8 Å². The van der Waals surface area contributed by atoms with E-state index in [1.807, 2.05) is 199 Å². The van der Waals surface area contributed by atoms with Crippen LogP contribution in [-0.4, -0.2) is 289 Å². The molecule has 6 aliphatic rings. The Kier molecular flexibility index (Phi) is 40.0. The summed E-state index contributed by atoms with van der Waals surface area (Å²) in [5, 5.41) is 28.8. The van der Waals surface area contributed by atoms with Crippen LogP contribution in [0.4, 0.5) is 36.2 Å². The van der Waals surface area contributed by atoms with Gasteiger partial charge >= 0.3 is 38.6 Å². The first-order valence-electron chi connectivity index (χ1n) is 42.6. The zero-order chi connectivity index (χ0) is 96.9. The number of aliphatic hydroxyl groups excluding tert-OH is 1. The first-order valence-corrected chi connectivity index (χ1v) is 46.3. The summed E-state index contributed by atoms with van der Waals surface area (Å²) >= 11 is 28.3. The molecule has 44 heteroatoms.